The maximum atomic E-state index is 11.6. The highest BCUT2D eigenvalue weighted by Crippen LogP contribution is 2.08. The van der Waals surface area contributed by atoms with Gasteiger partial charge in [-0.05, 0) is 5.92 Å². The third-order valence-electron chi connectivity index (χ3n) is 2.02. The zero-order chi connectivity index (χ0) is 12.0. The van der Waals surface area contributed by atoms with Crippen molar-refractivity contribution >= 4 is 29.7 Å². The van der Waals surface area contributed by atoms with Gasteiger partial charge in [-0.25, -0.2) is 4.98 Å². The molecule has 0 aliphatic rings. The predicted octanol–water partition coefficient (Wildman–Crippen LogP) is 1.04. The molecule has 0 bridgehead atoms. The number of carbonyl (C=O) groups is 1. The van der Waals surface area contributed by atoms with E-state index in [1.165, 1.54) is 11.3 Å². The first kappa shape index (κ1) is 16.3. The third kappa shape index (κ3) is 5.45. The van der Waals surface area contributed by atoms with Crippen molar-refractivity contribution in [3.05, 3.63) is 16.1 Å². The standard InChI is InChI=1S/C10H17N3O2S.ClH/c1-7(5-15-2)4-12-10(14)8-6-16-9(3-11)13-8;/h6-7H,3-5,11H2,1-2H3,(H,12,14);1H. The van der Waals surface area contributed by atoms with Gasteiger partial charge in [0.2, 0.25) is 0 Å². The van der Waals surface area contributed by atoms with E-state index in [1.807, 2.05) is 6.92 Å². The van der Waals surface area contributed by atoms with Gasteiger partial charge in [-0.3, -0.25) is 4.79 Å². The summed E-state index contributed by atoms with van der Waals surface area (Å²) in [4.78, 5) is 15.7. The number of carbonyl (C=O) groups excluding carboxylic acids is 1. The first-order valence-electron chi connectivity index (χ1n) is 5.09. The van der Waals surface area contributed by atoms with Crippen LogP contribution in [0.5, 0.6) is 0 Å². The Balaban J connectivity index is 0.00000256. The summed E-state index contributed by atoms with van der Waals surface area (Å²) >= 11 is 1.40. The number of methoxy groups -OCH3 is 1. The van der Waals surface area contributed by atoms with Crippen LogP contribution >= 0.6 is 23.7 Å². The molecule has 0 saturated carbocycles. The number of ether oxygens (including phenoxy) is 1. The Labute approximate surface area is 111 Å². The Kier molecular flexibility index (Phi) is 8.07. The van der Waals surface area contributed by atoms with Crippen LogP contribution in [-0.2, 0) is 11.3 Å². The molecule has 3 N–H and O–H groups in total. The van der Waals surface area contributed by atoms with Gasteiger partial charge in [0, 0.05) is 25.6 Å². The monoisotopic (exact) mass is 279 g/mol. The number of aromatic nitrogens is 1. The average molecular weight is 280 g/mol. The molecule has 1 amide bonds. The van der Waals surface area contributed by atoms with E-state index in [0.29, 0.717) is 31.3 Å². The van der Waals surface area contributed by atoms with Gasteiger partial charge in [0.15, 0.2) is 0 Å². The van der Waals surface area contributed by atoms with Gasteiger partial charge in [-0.2, -0.15) is 0 Å². The Morgan fingerprint density at radius 1 is 1.71 bits per heavy atom. The second-order valence-electron chi connectivity index (χ2n) is 3.60. The van der Waals surface area contributed by atoms with Crippen molar-refractivity contribution in [2.75, 3.05) is 20.3 Å². The number of thiazole rings is 1. The fraction of sp³-hybridized carbons (Fsp3) is 0.600. The van der Waals surface area contributed by atoms with Gasteiger partial charge in [0.1, 0.15) is 10.7 Å². The molecule has 0 aliphatic heterocycles. The lowest BCUT2D eigenvalue weighted by molar-refractivity contribution is 0.0929. The molecule has 1 aromatic rings. The van der Waals surface area contributed by atoms with E-state index in [0.717, 1.165) is 5.01 Å². The van der Waals surface area contributed by atoms with Crippen molar-refractivity contribution in [3.8, 4) is 0 Å². The molecule has 0 aromatic carbocycles. The van der Waals surface area contributed by atoms with Crippen LogP contribution in [0.15, 0.2) is 5.38 Å². The molecule has 98 valence electrons. The molecule has 7 heteroatoms. The van der Waals surface area contributed by atoms with Gasteiger partial charge in [-0.15, -0.1) is 23.7 Å². The maximum Gasteiger partial charge on any atom is 0.270 e. The fourth-order valence-corrected chi connectivity index (χ4v) is 1.86. The minimum Gasteiger partial charge on any atom is -0.384 e. The van der Waals surface area contributed by atoms with Crippen LogP contribution in [0.25, 0.3) is 0 Å². The third-order valence-corrected chi connectivity index (χ3v) is 2.89. The smallest absolute Gasteiger partial charge is 0.270 e. The molecule has 5 nitrogen and oxygen atoms in total. The van der Waals surface area contributed by atoms with E-state index in [9.17, 15) is 4.79 Å². The molecule has 1 rings (SSSR count). The molecule has 1 aromatic heterocycles. The minimum absolute atomic E-state index is 0. The predicted molar refractivity (Wildman–Crippen MR) is 70.6 cm³/mol. The van der Waals surface area contributed by atoms with E-state index < -0.39 is 0 Å². The van der Waals surface area contributed by atoms with Crippen molar-refractivity contribution in [3.63, 3.8) is 0 Å². The second-order valence-corrected chi connectivity index (χ2v) is 4.54. The summed E-state index contributed by atoms with van der Waals surface area (Å²) in [5.74, 6) is 0.139. The number of nitrogens with zero attached hydrogens (tertiary/aromatic N) is 1. The Bertz CT molecular complexity index is 346. The van der Waals surface area contributed by atoms with Crippen LogP contribution in [0.4, 0.5) is 0 Å². The maximum absolute atomic E-state index is 11.6. The van der Waals surface area contributed by atoms with Crippen LogP contribution < -0.4 is 11.1 Å². The molecule has 0 radical (unpaired) electrons. The normalized spacial score (nSPS) is 11.7. The highest BCUT2D eigenvalue weighted by atomic mass is 35.5. The van der Waals surface area contributed by atoms with Crippen LogP contribution in [0, 0.1) is 5.92 Å². The molecule has 0 saturated heterocycles. The van der Waals surface area contributed by atoms with Crippen molar-refractivity contribution in [1.82, 2.24) is 10.3 Å². The number of hydrogen-bond acceptors (Lipinski definition) is 5. The zero-order valence-electron chi connectivity index (χ0n) is 9.93. The lowest BCUT2D eigenvalue weighted by atomic mass is 10.2. The number of hydrogen-bond donors (Lipinski definition) is 2. The number of amides is 1. The van der Waals surface area contributed by atoms with Gasteiger partial charge in [0.05, 0.1) is 6.61 Å². The molecule has 0 spiro atoms. The zero-order valence-corrected chi connectivity index (χ0v) is 11.6. The largest absolute Gasteiger partial charge is 0.384 e. The number of rotatable bonds is 6. The first-order valence-corrected chi connectivity index (χ1v) is 5.97. The van der Waals surface area contributed by atoms with Gasteiger partial charge in [0.25, 0.3) is 5.91 Å². The number of nitrogens with one attached hydrogen (secondary N) is 1. The Morgan fingerprint density at radius 3 is 2.94 bits per heavy atom. The number of nitrogens with two attached hydrogens (primary N) is 1. The lowest BCUT2D eigenvalue weighted by Gasteiger charge is -2.10. The lowest BCUT2D eigenvalue weighted by Crippen LogP contribution is -2.30. The van der Waals surface area contributed by atoms with E-state index >= 15 is 0 Å². The summed E-state index contributed by atoms with van der Waals surface area (Å²) in [6.07, 6.45) is 0. The highest BCUT2D eigenvalue weighted by Gasteiger charge is 2.11. The summed E-state index contributed by atoms with van der Waals surface area (Å²) in [5.41, 5.74) is 5.86. The summed E-state index contributed by atoms with van der Waals surface area (Å²) in [7, 11) is 1.65. The van der Waals surface area contributed by atoms with E-state index in [1.54, 1.807) is 12.5 Å². The highest BCUT2D eigenvalue weighted by molar-refractivity contribution is 7.09. The van der Waals surface area contributed by atoms with Crippen molar-refractivity contribution in [1.29, 1.82) is 0 Å². The van der Waals surface area contributed by atoms with E-state index in [-0.39, 0.29) is 18.3 Å². The van der Waals surface area contributed by atoms with Crippen molar-refractivity contribution < 1.29 is 9.53 Å². The van der Waals surface area contributed by atoms with E-state index in [4.69, 9.17) is 10.5 Å². The molecule has 1 heterocycles. The van der Waals surface area contributed by atoms with Gasteiger partial charge < -0.3 is 15.8 Å². The molecular weight excluding hydrogens is 262 g/mol. The van der Waals surface area contributed by atoms with Crippen LogP contribution in [0.3, 0.4) is 0 Å². The van der Waals surface area contributed by atoms with Crippen molar-refractivity contribution in [2.24, 2.45) is 11.7 Å². The summed E-state index contributed by atoms with van der Waals surface area (Å²) in [6.45, 7) is 3.60. The summed E-state index contributed by atoms with van der Waals surface area (Å²) in [5, 5.41) is 5.30. The quantitative estimate of drug-likeness (QED) is 0.816. The van der Waals surface area contributed by atoms with Gasteiger partial charge in [-0.1, -0.05) is 6.92 Å². The van der Waals surface area contributed by atoms with Crippen molar-refractivity contribution in [2.45, 2.75) is 13.5 Å². The number of halogens is 1. The molecule has 1 unspecified atom stereocenters. The van der Waals surface area contributed by atoms with Gasteiger partial charge >= 0.3 is 0 Å². The van der Waals surface area contributed by atoms with E-state index in [2.05, 4.69) is 10.3 Å². The van der Waals surface area contributed by atoms with Crippen LogP contribution in [0.2, 0.25) is 0 Å². The van der Waals surface area contributed by atoms with Crippen LogP contribution in [-0.4, -0.2) is 31.2 Å². The fourth-order valence-electron chi connectivity index (χ4n) is 1.21. The molecular formula is C10H18ClN3O2S. The topological polar surface area (TPSA) is 77.2 Å². The molecule has 0 fully saturated rings. The first-order chi connectivity index (χ1) is 7.67. The molecule has 0 aliphatic carbocycles. The Morgan fingerprint density at radius 2 is 2.41 bits per heavy atom. The molecule has 17 heavy (non-hydrogen) atoms. The SMILES string of the molecule is COCC(C)CNC(=O)c1csc(CN)n1.Cl. The Hall–Kier alpha value is -0.690. The second kappa shape index (κ2) is 8.41. The summed E-state index contributed by atoms with van der Waals surface area (Å²) < 4.78 is 4.98. The van der Waals surface area contributed by atoms with Crippen LogP contribution in [0.1, 0.15) is 22.4 Å². The summed E-state index contributed by atoms with van der Waals surface area (Å²) in [6, 6.07) is 0. The molecule has 1 atom stereocenters. The minimum atomic E-state index is -0.154. The average Bonchev–Trinajstić information content (AvgIpc) is 2.75.